The number of carbonyl (C=O) groups is 1. The molecule has 1 saturated heterocycles. The molecule has 1 heterocycles. The van der Waals surface area contributed by atoms with E-state index in [0.29, 0.717) is 11.3 Å². The third-order valence-corrected chi connectivity index (χ3v) is 9.05. The van der Waals surface area contributed by atoms with E-state index in [1.807, 2.05) is 0 Å². The van der Waals surface area contributed by atoms with Crippen molar-refractivity contribution in [2.75, 3.05) is 7.11 Å². The van der Waals surface area contributed by atoms with Crippen molar-refractivity contribution in [1.82, 2.24) is 0 Å². The van der Waals surface area contributed by atoms with Gasteiger partial charge in [-0.3, -0.25) is 4.79 Å². The van der Waals surface area contributed by atoms with Crippen LogP contribution < -0.4 is 0 Å². The van der Waals surface area contributed by atoms with Gasteiger partial charge in [-0.2, -0.15) is 0 Å². The highest BCUT2D eigenvalue weighted by Crippen LogP contribution is 2.78. The second-order valence-electron chi connectivity index (χ2n) is 10.0. The number of rotatable bonds is 2. The Balaban J connectivity index is 1.71. The normalized spacial score (nSPS) is 55.8. The fraction of sp³-hybridized carbons (Fsp3) is 0.952. The van der Waals surface area contributed by atoms with Gasteiger partial charge >= 0.3 is 5.97 Å². The van der Waals surface area contributed by atoms with Crippen molar-refractivity contribution in [3.8, 4) is 0 Å². The molecule has 0 aromatic rings. The number of fused-ring (bicyclic) bond motifs is 1. The molecular weight excluding hydrogens is 300 g/mol. The molecule has 0 N–H and O–H groups in total. The van der Waals surface area contributed by atoms with Crippen molar-refractivity contribution in [2.45, 2.75) is 96.7 Å². The molecule has 3 aliphatic carbocycles. The minimum Gasteiger partial charge on any atom is -0.469 e. The number of hydrogen-bond acceptors (Lipinski definition) is 3. The molecule has 0 bridgehead atoms. The fourth-order valence-corrected chi connectivity index (χ4v) is 7.44. The molecule has 3 saturated carbocycles. The van der Waals surface area contributed by atoms with Gasteiger partial charge in [0.2, 0.25) is 0 Å². The highest BCUT2D eigenvalue weighted by molar-refractivity contribution is 5.77. The Morgan fingerprint density at radius 1 is 1.12 bits per heavy atom. The van der Waals surface area contributed by atoms with Crippen LogP contribution in [0.15, 0.2) is 0 Å². The van der Waals surface area contributed by atoms with E-state index in [1.54, 1.807) is 7.11 Å². The van der Waals surface area contributed by atoms with E-state index in [2.05, 4.69) is 27.7 Å². The smallest absolute Gasteiger partial charge is 0.311 e. The SMILES string of the molecule is CCC1(C)CCC23OC2(CCC2C(C)(C(=O)OC)CCCC23C)C1. The molecule has 1 aliphatic heterocycles. The minimum absolute atomic E-state index is 0.00261. The molecule has 0 aromatic carbocycles. The van der Waals surface area contributed by atoms with Crippen LogP contribution in [0.25, 0.3) is 0 Å². The molecule has 24 heavy (non-hydrogen) atoms. The van der Waals surface area contributed by atoms with E-state index in [1.165, 1.54) is 32.1 Å². The summed E-state index contributed by atoms with van der Waals surface area (Å²) >= 11 is 0. The standard InChI is InChI=1S/C21H34O3/c1-6-17(2)12-13-21-19(4)10-7-9-18(3,16(22)23-5)15(19)8-11-20(21,14-17)24-21/h15H,6-14H2,1-5H3. The zero-order valence-electron chi connectivity index (χ0n) is 16.2. The molecule has 3 nitrogen and oxygen atoms in total. The first-order valence-corrected chi connectivity index (χ1v) is 10.00. The van der Waals surface area contributed by atoms with Gasteiger partial charge in [0.1, 0.15) is 5.60 Å². The predicted octanol–water partition coefficient (Wildman–Crippen LogP) is 4.87. The van der Waals surface area contributed by atoms with Gasteiger partial charge < -0.3 is 9.47 Å². The summed E-state index contributed by atoms with van der Waals surface area (Å²) in [7, 11) is 1.55. The first-order chi connectivity index (χ1) is 11.2. The molecule has 6 unspecified atom stereocenters. The van der Waals surface area contributed by atoms with Crippen LogP contribution in [0.2, 0.25) is 0 Å². The van der Waals surface area contributed by atoms with Crippen LogP contribution >= 0.6 is 0 Å². The maximum atomic E-state index is 12.6. The van der Waals surface area contributed by atoms with Crippen molar-refractivity contribution in [1.29, 1.82) is 0 Å². The van der Waals surface area contributed by atoms with Crippen molar-refractivity contribution >= 4 is 5.97 Å². The second kappa shape index (κ2) is 4.78. The summed E-state index contributed by atoms with van der Waals surface area (Å²) in [5.74, 6) is 0.394. The van der Waals surface area contributed by atoms with Gasteiger partial charge in [-0.05, 0) is 63.2 Å². The number of methoxy groups -OCH3 is 1. The van der Waals surface area contributed by atoms with E-state index in [0.717, 1.165) is 25.7 Å². The molecule has 136 valence electrons. The largest absolute Gasteiger partial charge is 0.469 e. The second-order valence-corrected chi connectivity index (χ2v) is 10.0. The number of ether oxygens (including phenoxy) is 2. The molecule has 4 aliphatic rings. The van der Waals surface area contributed by atoms with E-state index in [-0.39, 0.29) is 28.0 Å². The van der Waals surface area contributed by atoms with E-state index in [9.17, 15) is 4.79 Å². The van der Waals surface area contributed by atoms with Gasteiger partial charge in [0.15, 0.2) is 0 Å². The molecule has 0 radical (unpaired) electrons. The zero-order chi connectivity index (χ0) is 17.4. The first kappa shape index (κ1) is 16.9. The summed E-state index contributed by atoms with van der Waals surface area (Å²) in [6, 6.07) is 0. The molecule has 4 rings (SSSR count). The molecule has 0 aromatic heterocycles. The minimum atomic E-state index is -0.333. The number of carbonyl (C=O) groups excluding carboxylic acids is 1. The van der Waals surface area contributed by atoms with Gasteiger partial charge in [-0.1, -0.05) is 33.6 Å². The van der Waals surface area contributed by atoms with Crippen LogP contribution in [0, 0.1) is 22.2 Å². The summed E-state index contributed by atoms with van der Waals surface area (Å²) in [4.78, 5) is 12.6. The van der Waals surface area contributed by atoms with Crippen LogP contribution in [0.4, 0.5) is 0 Å². The Morgan fingerprint density at radius 3 is 2.54 bits per heavy atom. The van der Waals surface area contributed by atoms with Crippen molar-refractivity contribution < 1.29 is 14.3 Å². The van der Waals surface area contributed by atoms with Crippen LogP contribution in [-0.4, -0.2) is 24.3 Å². The Kier molecular flexibility index (Phi) is 3.36. The van der Waals surface area contributed by atoms with Crippen LogP contribution in [0.1, 0.15) is 85.5 Å². The average Bonchev–Trinajstić information content (AvgIpc) is 3.24. The number of hydrogen-bond donors (Lipinski definition) is 0. The van der Waals surface area contributed by atoms with E-state index >= 15 is 0 Å². The van der Waals surface area contributed by atoms with E-state index in [4.69, 9.17) is 9.47 Å². The lowest BCUT2D eigenvalue weighted by Gasteiger charge is -2.58. The highest BCUT2D eigenvalue weighted by atomic mass is 16.6. The average molecular weight is 335 g/mol. The first-order valence-electron chi connectivity index (χ1n) is 10.00. The third-order valence-electron chi connectivity index (χ3n) is 9.05. The fourth-order valence-electron chi connectivity index (χ4n) is 7.44. The Bertz CT molecular complexity index is 573. The highest BCUT2D eigenvalue weighted by Gasteiger charge is 2.83. The van der Waals surface area contributed by atoms with Gasteiger partial charge in [-0.15, -0.1) is 0 Å². The van der Waals surface area contributed by atoms with Gasteiger partial charge in [0.25, 0.3) is 0 Å². The maximum absolute atomic E-state index is 12.6. The summed E-state index contributed by atoms with van der Waals surface area (Å²) < 4.78 is 12.0. The Labute approximate surface area is 146 Å². The summed E-state index contributed by atoms with van der Waals surface area (Å²) in [6.45, 7) is 9.37. The molecule has 0 amide bonds. The van der Waals surface area contributed by atoms with Crippen molar-refractivity contribution in [2.24, 2.45) is 22.2 Å². The number of esters is 1. The molecule has 6 atom stereocenters. The summed E-state index contributed by atoms with van der Waals surface area (Å²) in [5.41, 5.74) is 0.369. The summed E-state index contributed by atoms with van der Waals surface area (Å²) in [5, 5.41) is 0. The monoisotopic (exact) mass is 334 g/mol. The van der Waals surface area contributed by atoms with Gasteiger partial charge in [-0.25, -0.2) is 0 Å². The lowest BCUT2D eigenvalue weighted by atomic mass is 9.43. The Morgan fingerprint density at radius 2 is 1.88 bits per heavy atom. The van der Waals surface area contributed by atoms with Crippen molar-refractivity contribution in [3.05, 3.63) is 0 Å². The predicted molar refractivity (Wildman–Crippen MR) is 93.6 cm³/mol. The maximum Gasteiger partial charge on any atom is 0.311 e. The molecule has 0 spiro atoms. The lowest BCUT2D eigenvalue weighted by molar-refractivity contribution is -0.170. The lowest BCUT2D eigenvalue weighted by Crippen LogP contribution is -2.61. The quantitative estimate of drug-likeness (QED) is 0.534. The van der Waals surface area contributed by atoms with Gasteiger partial charge in [0.05, 0.1) is 18.1 Å². The molecular formula is C21H34O3. The summed E-state index contributed by atoms with van der Waals surface area (Å²) in [6.07, 6.45) is 10.4. The van der Waals surface area contributed by atoms with E-state index < -0.39 is 0 Å². The number of epoxide rings is 1. The van der Waals surface area contributed by atoms with Crippen LogP contribution in [0.3, 0.4) is 0 Å². The molecule has 4 fully saturated rings. The van der Waals surface area contributed by atoms with Crippen molar-refractivity contribution in [3.63, 3.8) is 0 Å². The Hall–Kier alpha value is -0.570. The van der Waals surface area contributed by atoms with Crippen LogP contribution in [-0.2, 0) is 14.3 Å². The van der Waals surface area contributed by atoms with Crippen LogP contribution in [0.5, 0.6) is 0 Å². The third kappa shape index (κ3) is 1.75. The molecule has 3 heteroatoms. The zero-order valence-corrected chi connectivity index (χ0v) is 16.2. The van der Waals surface area contributed by atoms with Gasteiger partial charge in [0, 0.05) is 5.41 Å². The topological polar surface area (TPSA) is 38.8 Å².